The minimum absolute atomic E-state index is 0.261. The summed E-state index contributed by atoms with van der Waals surface area (Å²) < 4.78 is 25.3. The van der Waals surface area contributed by atoms with Crippen molar-refractivity contribution in [3.63, 3.8) is 0 Å². The van der Waals surface area contributed by atoms with Gasteiger partial charge in [0.05, 0.1) is 4.90 Å². The molecule has 1 aromatic carbocycles. The van der Waals surface area contributed by atoms with Crippen molar-refractivity contribution in [1.29, 1.82) is 0 Å². The normalized spacial score (nSPS) is 11.9. The quantitative estimate of drug-likeness (QED) is 0.723. The Bertz CT molecular complexity index is 399. The monoisotopic (exact) mass is 243 g/mol. The molecular weight excluding hydrogens is 226 g/mol. The molecule has 6 heteroatoms. The Morgan fingerprint density at radius 3 is 2.00 bits per heavy atom. The summed E-state index contributed by atoms with van der Waals surface area (Å²) in [7, 11) is -3.51. The van der Waals surface area contributed by atoms with Crippen LogP contribution in [0.15, 0.2) is 35.2 Å². The van der Waals surface area contributed by atoms with E-state index in [0.29, 0.717) is 13.1 Å². The maximum Gasteiger partial charge on any atom is 0.269 e. The second-order valence-electron chi connectivity index (χ2n) is 3.11. The van der Waals surface area contributed by atoms with Crippen molar-refractivity contribution < 1.29 is 8.42 Å². The molecule has 0 saturated carbocycles. The molecule has 2 N–H and O–H groups in total. The van der Waals surface area contributed by atoms with Crippen LogP contribution in [0, 0.1) is 0 Å². The summed E-state index contributed by atoms with van der Waals surface area (Å²) in [5.41, 5.74) is 5.51. The molecule has 16 heavy (non-hydrogen) atoms. The Morgan fingerprint density at radius 1 is 1.06 bits per heavy atom. The molecule has 0 aliphatic heterocycles. The summed E-state index contributed by atoms with van der Waals surface area (Å²) in [6.45, 7) is 4.73. The topological polar surface area (TPSA) is 61.4 Å². The predicted octanol–water partition coefficient (Wildman–Crippen LogP) is 0.726. The summed E-state index contributed by atoms with van der Waals surface area (Å²) in [4.78, 5) is 0.261. The van der Waals surface area contributed by atoms with Crippen LogP contribution in [-0.4, -0.2) is 26.0 Å². The molecule has 0 saturated heterocycles. The van der Waals surface area contributed by atoms with Gasteiger partial charge in [-0.15, -0.1) is 0 Å². The molecule has 0 fully saturated rings. The van der Waals surface area contributed by atoms with Gasteiger partial charge in [0.1, 0.15) is 0 Å². The van der Waals surface area contributed by atoms with E-state index >= 15 is 0 Å². The van der Waals surface area contributed by atoms with E-state index in [4.69, 9.17) is 0 Å². The van der Waals surface area contributed by atoms with E-state index in [2.05, 4.69) is 10.9 Å². The largest absolute Gasteiger partial charge is 0.269 e. The highest BCUT2D eigenvalue weighted by molar-refractivity contribution is 7.89. The van der Waals surface area contributed by atoms with Gasteiger partial charge in [-0.1, -0.05) is 36.6 Å². The van der Waals surface area contributed by atoms with Crippen LogP contribution >= 0.6 is 0 Å². The van der Waals surface area contributed by atoms with Crippen molar-refractivity contribution in [1.82, 2.24) is 15.4 Å². The molecule has 90 valence electrons. The van der Waals surface area contributed by atoms with Crippen molar-refractivity contribution in [2.24, 2.45) is 0 Å². The minimum atomic E-state index is -3.51. The Morgan fingerprint density at radius 2 is 1.56 bits per heavy atom. The number of nitrogens with one attached hydrogen (secondary N) is 2. The lowest BCUT2D eigenvalue weighted by atomic mass is 10.4. The highest BCUT2D eigenvalue weighted by Crippen LogP contribution is 2.11. The average molecular weight is 243 g/mol. The number of rotatable bonds is 6. The van der Waals surface area contributed by atoms with E-state index in [-0.39, 0.29) is 4.90 Å². The van der Waals surface area contributed by atoms with Crippen molar-refractivity contribution in [2.75, 3.05) is 13.1 Å². The highest BCUT2D eigenvalue weighted by atomic mass is 32.2. The standard InChI is InChI=1S/C10H17N3O2S/c1-3-11-13(12-4-2)16(14,15)10-8-6-5-7-9-10/h5-9,11-12H,3-4H2,1-2H3. The fourth-order valence-corrected chi connectivity index (χ4v) is 2.52. The fraction of sp³-hybridized carbons (Fsp3) is 0.400. The lowest BCUT2D eigenvalue weighted by molar-refractivity contribution is 0.245. The molecular formula is C10H17N3O2S. The van der Waals surface area contributed by atoms with Crippen LogP contribution in [0.1, 0.15) is 13.8 Å². The Labute approximate surface area is 96.5 Å². The smallest absolute Gasteiger partial charge is 0.227 e. The van der Waals surface area contributed by atoms with Crippen LogP contribution < -0.4 is 10.9 Å². The predicted molar refractivity (Wildman–Crippen MR) is 62.8 cm³/mol. The second-order valence-corrected chi connectivity index (χ2v) is 4.89. The maximum atomic E-state index is 12.1. The second kappa shape index (κ2) is 5.95. The van der Waals surface area contributed by atoms with Crippen LogP contribution in [0.4, 0.5) is 0 Å². The molecule has 0 aliphatic rings. The first-order valence-corrected chi connectivity index (χ1v) is 6.64. The first-order chi connectivity index (χ1) is 7.62. The summed E-state index contributed by atoms with van der Waals surface area (Å²) in [5.74, 6) is 0. The van der Waals surface area contributed by atoms with Crippen molar-refractivity contribution >= 4 is 10.0 Å². The zero-order chi connectivity index (χ0) is 12.0. The Hall–Kier alpha value is -0.950. The Kier molecular flexibility index (Phi) is 4.88. The SMILES string of the molecule is CCNN(NCC)S(=O)(=O)c1ccccc1. The van der Waals surface area contributed by atoms with Crippen molar-refractivity contribution in [3.8, 4) is 0 Å². The summed E-state index contributed by atoms with van der Waals surface area (Å²) >= 11 is 0. The molecule has 1 aromatic rings. The zero-order valence-corrected chi connectivity index (χ0v) is 10.3. The third kappa shape index (κ3) is 3.02. The number of benzene rings is 1. The van der Waals surface area contributed by atoms with Crippen LogP contribution in [0.5, 0.6) is 0 Å². The van der Waals surface area contributed by atoms with E-state index in [9.17, 15) is 8.42 Å². The molecule has 1 rings (SSSR count). The molecule has 0 atom stereocenters. The average Bonchev–Trinajstić information content (AvgIpc) is 2.30. The number of hydrogen-bond donors (Lipinski definition) is 2. The Balaban J connectivity index is 2.98. The van der Waals surface area contributed by atoms with Crippen LogP contribution in [0.3, 0.4) is 0 Å². The molecule has 0 bridgehead atoms. The summed E-state index contributed by atoms with van der Waals surface area (Å²) in [6.07, 6.45) is 0. The van der Waals surface area contributed by atoms with E-state index < -0.39 is 10.0 Å². The third-order valence-corrected chi connectivity index (χ3v) is 3.49. The third-order valence-electron chi connectivity index (χ3n) is 1.88. The molecule has 0 radical (unpaired) electrons. The van der Waals surface area contributed by atoms with Gasteiger partial charge >= 0.3 is 0 Å². The summed E-state index contributed by atoms with van der Waals surface area (Å²) in [5, 5.41) is 0. The van der Waals surface area contributed by atoms with Gasteiger partial charge in [0.25, 0.3) is 10.0 Å². The molecule has 0 unspecified atom stereocenters. The fourth-order valence-electron chi connectivity index (χ4n) is 1.21. The molecule has 0 amide bonds. The van der Waals surface area contributed by atoms with Gasteiger partial charge in [0.15, 0.2) is 0 Å². The van der Waals surface area contributed by atoms with E-state index in [1.807, 2.05) is 13.8 Å². The maximum absolute atomic E-state index is 12.1. The van der Waals surface area contributed by atoms with Gasteiger partial charge < -0.3 is 0 Å². The van der Waals surface area contributed by atoms with Gasteiger partial charge in [-0.3, -0.25) is 0 Å². The van der Waals surface area contributed by atoms with E-state index in [0.717, 1.165) is 4.52 Å². The van der Waals surface area contributed by atoms with E-state index in [1.54, 1.807) is 30.3 Å². The first-order valence-electron chi connectivity index (χ1n) is 5.20. The molecule has 0 heterocycles. The first kappa shape index (κ1) is 13.1. The minimum Gasteiger partial charge on any atom is -0.227 e. The van der Waals surface area contributed by atoms with Gasteiger partial charge in [0.2, 0.25) is 0 Å². The van der Waals surface area contributed by atoms with Gasteiger partial charge in [-0.2, -0.15) is 0 Å². The lowest BCUT2D eigenvalue weighted by Gasteiger charge is -2.22. The van der Waals surface area contributed by atoms with Crippen molar-refractivity contribution in [3.05, 3.63) is 30.3 Å². The molecule has 5 nitrogen and oxygen atoms in total. The lowest BCUT2D eigenvalue weighted by Crippen LogP contribution is -2.51. The van der Waals surface area contributed by atoms with Crippen LogP contribution in [-0.2, 0) is 10.0 Å². The van der Waals surface area contributed by atoms with E-state index in [1.165, 1.54) is 0 Å². The van der Waals surface area contributed by atoms with Gasteiger partial charge in [-0.25, -0.2) is 19.3 Å². The molecule has 0 aromatic heterocycles. The summed E-state index contributed by atoms with van der Waals surface area (Å²) in [6, 6.07) is 8.31. The number of hydrazine groups is 2. The van der Waals surface area contributed by atoms with Gasteiger partial charge in [-0.05, 0) is 12.1 Å². The van der Waals surface area contributed by atoms with Crippen LogP contribution in [0.25, 0.3) is 0 Å². The number of nitrogens with zero attached hydrogens (tertiary/aromatic N) is 1. The van der Waals surface area contributed by atoms with Crippen LogP contribution in [0.2, 0.25) is 0 Å². The number of hydrogen-bond acceptors (Lipinski definition) is 4. The van der Waals surface area contributed by atoms with Crippen molar-refractivity contribution in [2.45, 2.75) is 18.7 Å². The molecule has 0 spiro atoms. The number of sulfonamides is 1. The highest BCUT2D eigenvalue weighted by Gasteiger charge is 2.22. The zero-order valence-electron chi connectivity index (χ0n) is 9.47. The molecule has 0 aliphatic carbocycles. The van der Waals surface area contributed by atoms with Gasteiger partial charge in [0, 0.05) is 13.1 Å².